The molecule has 0 spiro atoms. The predicted octanol–water partition coefficient (Wildman–Crippen LogP) is 2.64. The molecule has 2 rings (SSSR count). The molecule has 17 heavy (non-hydrogen) atoms. The van der Waals surface area contributed by atoms with Crippen LogP contribution in [0.5, 0.6) is 5.75 Å². The third-order valence-corrected chi connectivity index (χ3v) is 3.16. The Hall–Kier alpha value is -1.68. The molecule has 2 aromatic rings. The summed E-state index contributed by atoms with van der Waals surface area (Å²) in [5, 5.41) is 4.68. The standard InChI is InChI=1S/C12H14ClN3O/c1-7-4-5-9(17-3)11(13)10(7)8-6-15-16(2)12(8)14/h4-6H,14H2,1-3H3. The van der Waals surface area contributed by atoms with Crippen LogP contribution in [0.3, 0.4) is 0 Å². The molecule has 0 radical (unpaired) electrons. The monoisotopic (exact) mass is 251 g/mol. The highest BCUT2D eigenvalue weighted by atomic mass is 35.5. The van der Waals surface area contributed by atoms with Crippen LogP contribution in [0.25, 0.3) is 11.1 Å². The molecule has 0 aliphatic carbocycles. The lowest BCUT2D eigenvalue weighted by molar-refractivity contribution is 0.415. The van der Waals surface area contributed by atoms with Gasteiger partial charge in [-0.15, -0.1) is 0 Å². The first kappa shape index (κ1) is 11.8. The summed E-state index contributed by atoms with van der Waals surface area (Å²) >= 11 is 6.31. The number of rotatable bonds is 2. The summed E-state index contributed by atoms with van der Waals surface area (Å²) in [6, 6.07) is 3.79. The Morgan fingerprint density at radius 3 is 2.65 bits per heavy atom. The fourth-order valence-electron chi connectivity index (χ4n) is 1.78. The quantitative estimate of drug-likeness (QED) is 0.893. The zero-order chi connectivity index (χ0) is 12.6. The van der Waals surface area contributed by atoms with Crippen molar-refractivity contribution in [1.29, 1.82) is 0 Å². The van der Waals surface area contributed by atoms with Crippen LogP contribution in [0, 0.1) is 6.92 Å². The molecule has 1 aromatic heterocycles. The molecule has 0 bridgehead atoms. The average Bonchev–Trinajstić information content (AvgIpc) is 2.62. The Morgan fingerprint density at radius 2 is 2.12 bits per heavy atom. The number of methoxy groups -OCH3 is 1. The van der Waals surface area contributed by atoms with Crippen LogP contribution in [0.1, 0.15) is 5.56 Å². The van der Waals surface area contributed by atoms with E-state index >= 15 is 0 Å². The van der Waals surface area contributed by atoms with Gasteiger partial charge in [-0.25, -0.2) is 0 Å². The third-order valence-electron chi connectivity index (χ3n) is 2.79. The largest absolute Gasteiger partial charge is 0.495 e. The van der Waals surface area contributed by atoms with Crippen molar-refractivity contribution in [2.24, 2.45) is 7.05 Å². The van der Waals surface area contributed by atoms with Crippen molar-refractivity contribution in [2.75, 3.05) is 12.8 Å². The summed E-state index contributed by atoms with van der Waals surface area (Å²) in [5.41, 5.74) is 8.70. The maximum atomic E-state index is 6.31. The number of aromatic nitrogens is 2. The van der Waals surface area contributed by atoms with Crippen LogP contribution >= 0.6 is 11.6 Å². The highest BCUT2D eigenvalue weighted by Crippen LogP contribution is 2.39. The number of nitrogen functional groups attached to an aromatic ring is 1. The molecule has 0 atom stereocenters. The van der Waals surface area contributed by atoms with Crippen molar-refractivity contribution < 1.29 is 4.74 Å². The lowest BCUT2D eigenvalue weighted by Crippen LogP contribution is -1.99. The first-order chi connectivity index (χ1) is 8.06. The van der Waals surface area contributed by atoms with Crippen molar-refractivity contribution >= 4 is 17.4 Å². The number of nitrogens with zero attached hydrogens (tertiary/aromatic N) is 2. The Balaban J connectivity index is 2.70. The van der Waals surface area contributed by atoms with Crippen molar-refractivity contribution in [1.82, 2.24) is 9.78 Å². The predicted molar refractivity (Wildman–Crippen MR) is 69.4 cm³/mol. The van der Waals surface area contributed by atoms with Crippen molar-refractivity contribution in [3.63, 3.8) is 0 Å². The van der Waals surface area contributed by atoms with Gasteiger partial charge in [0.1, 0.15) is 11.6 Å². The molecule has 0 fully saturated rings. The fraction of sp³-hybridized carbons (Fsp3) is 0.250. The van der Waals surface area contributed by atoms with Crippen molar-refractivity contribution in [2.45, 2.75) is 6.92 Å². The highest BCUT2D eigenvalue weighted by Gasteiger charge is 2.16. The minimum Gasteiger partial charge on any atom is -0.495 e. The van der Waals surface area contributed by atoms with Gasteiger partial charge in [-0.2, -0.15) is 5.10 Å². The molecule has 1 aromatic carbocycles. The van der Waals surface area contributed by atoms with E-state index in [4.69, 9.17) is 22.1 Å². The summed E-state index contributed by atoms with van der Waals surface area (Å²) in [5.74, 6) is 1.22. The van der Waals surface area contributed by atoms with Crippen LogP contribution in [-0.2, 0) is 7.05 Å². The number of ether oxygens (including phenoxy) is 1. The number of halogens is 1. The van der Waals surface area contributed by atoms with Crippen molar-refractivity contribution in [3.05, 3.63) is 28.9 Å². The van der Waals surface area contributed by atoms with Gasteiger partial charge in [0.25, 0.3) is 0 Å². The zero-order valence-electron chi connectivity index (χ0n) is 9.99. The van der Waals surface area contributed by atoms with E-state index in [1.165, 1.54) is 0 Å². The molecule has 4 nitrogen and oxygen atoms in total. The van der Waals surface area contributed by atoms with Gasteiger partial charge in [0.05, 0.1) is 18.3 Å². The van der Waals surface area contributed by atoms with Gasteiger partial charge in [0.15, 0.2) is 0 Å². The SMILES string of the molecule is COc1ccc(C)c(-c2cnn(C)c2N)c1Cl. The second kappa shape index (κ2) is 4.30. The molecule has 0 aliphatic heterocycles. The normalized spacial score (nSPS) is 10.6. The van der Waals surface area contributed by atoms with Crippen LogP contribution in [-0.4, -0.2) is 16.9 Å². The molecule has 2 N–H and O–H groups in total. The van der Waals surface area contributed by atoms with Crippen LogP contribution in [0.15, 0.2) is 18.3 Å². The summed E-state index contributed by atoms with van der Waals surface area (Å²) in [7, 11) is 3.38. The van der Waals surface area contributed by atoms with E-state index in [1.807, 2.05) is 19.1 Å². The summed E-state index contributed by atoms with van der Waals surface area (Å²) in [6.45, 7) is 1.98. The molecule has 0 unspecified atom stereocenters. The van der Waals surface area contributed by atoms with Crippen LogP contribution < -0.4 is 10.5 Å². The van der Waals surface area contributed by atoms with E-state index in [0.717, 1.165) is 16.7 Å². The second-order valence-electron chi connectivity index (χ2n) is 3.84. The molecule has 90 valence electrons. The maximum Gasteiger partial charge on any atom is 0.138 e. The van der Waals surface area contributed by atoms with E-state index in [9.17, 15) is 0 Å². The minimum absolute atomic E-state index is 0.562. The van der Waals surface area contributed by atoms with Gasteiger partial charge in [-0.3, -0.25) is 4.68 Å². The topological polar surface area (TPSA) is 53.1 Å². The Morgan fingerprint density at radius 1 is 1.41 bits per heavy atom. The number of anilines is 1. The van der Waals surface area contributed by atoms with Gasteiger partial charge < -0.3 is 10.5 Å². The Bertz CT molecular complexity index is 563. The van der Waals surface area contributed by atoms with Crippen LogP contribution in [0.4, 0.5) is 5.82 Å². The Labute approximate surface area is 105 Å². The first-order valence-corrected chi connectivity index (χ1v) is 5.55. The molecule has 0 saturated carbocycles. The van der Waals surface area contributed by atoms with E-state index in [-0.39, 0.29) is 0 Å². The van der Waals surface area contributed by atoms with Gasteiger partial charge in [0.2, 0.25) is 0 Å². The molecule has 1 heterocycles. The molecule has 5 heteroatoms. The smallest absolute Gasteiger partial charge is 0.138 e. The van der Waals surface area contributed by atoms with E-state index in [1.54, 1.807) is 25.0 Å². The summed E-state index contributed by atoms with van der Waals surface area (Å²) in [4.78, 5) is 0. The van der Waals surface area contributed by atoms with E-state index in [0.29, 0.717) is 16.6 Å². The fourth-order valence-corrected chi connectivity index (χ4v) is 2.17. The number of nitrogens with two attached hydrogens (primary N) is 1. The van der Waals surface area contributed by atoms with Crippen LogP contribution in [0.2, 0.25) is 5.02 Å². The lowest BCUT2D eigenvalue weighted by atomic mass is 10.0. The highest BCUT2D eigenvalue weighted by molar-refractivity contribution is 6.35. The zero-order valence-corrected chi connectivity index (χ0v) is 10.7. The van der Waals surface area contributed by atoms with Crippen molar-refractivity contribution in [3.8, 4) is 16.9 Å². The summed E-state index contributed by atoms with van der Waals surface area (Å²) < 4.78 is 6.82. The van der Waals surface area contributed by atoms with E-state index < -0.39 is 0 Å². The third kappa shape index (κ3) is 1.85. The van der Waals surface area contributed by atoms with Gasteiger partial charge >= 0.3 is 0 Å². The van der Waals surface area contributed by atoms with Gasteiger partial charge in [-0.05, 0) is 18.6 Å². The molecule has 0 aliphatic rings. The molecule has 0 amide bonds. The summed E-state index contributed by atoms with van der Waals surface area (Å²) in [6.07, 6.45) is 1.71. The van der Waals surface area contributed by atoms with E-state index in [2.05, 4.69) is 5.10 Å². The second-order valence-corrected chi connectivity index (χ2v) is 4.22. The molecular weight excluding hydrogens is 238 g/mol. The first-order valence-electron chi connectivity index (χ1n) is 5.17. The number of hydrogen-bond acceptors (Lipinski definition) is 3. The van der Waals surface area contributed by atoms with Gasteiger partial charge in [-0.1, -0.05) is 17.7 Å². The minimum atomic E-state index is 0.562. The molecule has 0 saturated heterocycles. The molecular formula is C12H14ClN3O. The number of hydrogen-bond donors (Lipinski definition) is 1. The maximum absolute atomic E-state index is 6.31. The average molecular weight is 252 g/mol. The lowest BCUT2D eigenvalue weighted by Gasteiger charge is -2.11. The number of benzene rings is 1. The van der Waals surface area contributed by atoms with Gasteiger partial charge in [0, 0.05) is 18.2 Å². The Kier molecular flexibility index (Phi) is 2.98. The number of aryl methyl sites for hydroxylation is 2.